The van der Waals surface area contributed by atoms with Gasteiger partial charge in [0.2, 0.25) is 0 Å². The van der Waals surface area contributed by atoms with Crippen LogP contribution in [0.2, 0.25) is 0 Å². The Kier molecular flexibility index (Phi) is 7.08. The Bertz CT molecular complexity index is 400. The minimum absolute atomic E-state index is 0.230. The Labute approximate surface area is 124 Å². The molecule has 0 heterocycles. The third-order valence-corrected chi connectivity index (χ3v) is 3.55. The van der Waals surface area contributed by atoms with Gasteiger partial charge in [-0.05, 0) is 63.3 Å². The van der Waals surface area contributed by atoms with Crippen molar-refractivity contribution in [3.63, 3.8) is 0 Å². The maximum atomic E-state index is 6.20. The monoisotopic (exact) mass is 277 g/mol. The van der Waals surface area contributed by atoms with E-state index in [1.165, 1.54) is 17.5 Å². The van der Waals surface area contributed by atoms with Crippen LogP contribution in [0.4, 0.5) is 0 Å². The zero-order chi connectivity index (χ0) is 15.1. The van der Waals surface area contributed by atoms with Crippen molar-refractivity contribution in [3.05, 3.63) is 29.3 Å². The first-order chi connectivity index (χ1) is 9.43. The number of nitrogens with one attached hydrogen (secondary N) is 1. The third-order valence-electron chi connectivity index (χ3n) is 3.55. The summed E-state index contributed by atoms with van der Waals surface area (Å²) in [6.07, 6.45) is 2.44. The molecule has 0 fully saturated rings. The summed E-state index contributed by atoms with van der Waals surface area (Å²) in [7, 11) is 0. The van der Waals surface area contributed by atoms with Crippen LogP contribution in [-0.4, -0.2) is 18.7 Å². The first-order valence-corrected chi connectivity index (χ1v) is 7.94. The van der Waals surface area contributed by atoms with E-state index in [0.717, 1.165) is 18.7 Å². The van der Waals surface area contributed by atoms with Gasteiger partial charge in [0.15, 0.2) is 0 Å². The van der Waals surface area contributed by atoms with Crippen molar-refractivity contribution in [2.45, 2.75) is 72.4 Å². The standard InChI is InChI=1S/C18H31NO/c1-7-10-19-15(5)12-16(6)20-18-11-14(4)8-9-17(18)13(2)3/h8-9,11,13,15-16,19H,7,10,12H2,1-6H3. The predicted octanol–water partition coefficient (Wildman–Crippen LogP) is 4.66. The number of aryl methyl sites for hydroxylation is 1. The smallest absolute Gasteiger partial charge is 0.123 e. The zero-order valence-electron chi connectivity index (χ0n) is 14.0. The van der Waals surface area contributed by atoms with Crippen molar-refractivity contribution in [3.8, 4) is 5.75 Å². The van der Waals surface area contributed by atoms with Gasteiger partial charge in [0.1, 0.15) is 5.75 Å². The molecule has 1 N–H and O–H groups in total. The van der Waals surface area contributed by atoms with Crippen molar-refractivity contribution in [1.29, 1.82) is 0 Å². The number of hydrogen-bond acceptors (Lipinski definition) is 2. The highest BCUT2D eigenvalue weighted by atomic mass is 16.5. The molecule has 0 saturated heterocycles. The molecular formula is C18H31NO. The van der Waals surface area contributed by atoms with E-state index in [1.54, 1.807) is 0 Å². The van der Waals surface area contributed by atoms with Gasteiger partial charge in [-0.2, -0.15) is 0 Å². The van der Waals surface area contributed by atoms with Crippen molar-refractivity contribution in [2.75, 3.05) is 6.54 Å². The second-order valence-electron chi connectivity index (χ2n) is 6.22. The van der Waals surface area contributed by atoms with Crippen LogP contribution in [0.15, 0.2) is 18.2 Å². The largest absolute Gasteiger partial charge is 0.490 e. The van der Waals surface area contributed by atoms with Crippen LogP contribution in [0.25, 0.3) is 0 Å². The highest BCUT2D eigenvalue weighted by Gasteiger charge is 2.13. The molecule has 2 atom stereocenters. The van der Waals surface area contributed by atoms with E-state index < -0.39 is 0 Å². The number of hydrogen-bond donors (Lipinski definition) is 1. The van der Waals surface area contributed by atoms with Crippen LogP contribution >= 0.6 is 0 Å². The SMILES string of the molecule is CCCNC(C)CC(C)Oc1cc(C)ccc1C(C)C. The molecule has 0 amide bonds. The summed E-state index contributed by atoms with van der Waals surface area (Å²) in [6.45, 7) is 14.2. The minimum atomic E-state index is 0.230. The average Bonchev–Trinajstić information content (AvgIpc) is 2.35. The van der Waals surface area contributed by atoms with Crippen molar-refractivity contribution < 1.29 is 4.74 Å². The lowest BCUT2D eigenvalue weighted by Crippen LogP contribution is -2.31. The van der Waals surface area contributed by atoms with E-state index in [1.807, 2.05) is 0 Å². The molecule has 0 aliphatic heterocycles. The molecule has 0 radical (unpaired) electrons. The number of benzene rings is 1. The second-order valence-corrected chi connectivity index (χ2v) is 6.22. The fourth-order valence-electron chi connectivity index (χ4n) is 2.46. The molecule has 20 heavy (non-hydrogen) atoms. The van der Waals surface area contributed by atoms with Crippen molar-refractivity contribution in [1.82, 2.24) is 5.32 Å². The van der Waals surface area contributed by atoms with E-state index in [-0.39, 0.29) is 6.10 Å². The average molecular weight is 277 g/mol. The topological polar surface area (TPSA) is 21.3 Å². The summed E-state index contributed by atoms with van der Waals surface area (Å²) in [5.74, 6) is 1.55. The molecule has 0 aromatic heterocycles. The fraction of sp³-hybridized carbons (Fsp3) is 0.667. The summed E-state index contributed by atoms with van der Waals surface area (Å²) < 4.78 is 6.20. The van der Waals surface area contributed by atoms with Gasteiger partial charge >= 0.3 is 0 Å². The van der Waals surface area contributed by atoms with Gasteiger partial charge in [-0.25, -0.2) is 0 Å². The Morgan fingerprint density at radius 2 is 1.85 bits per heavy atom. The minimum Gasteiger partial charge on any atom is -0.490 e. The van der Waals surface area contributed by atoms with Crippen LogP contribution in [0, 0.1) is 6.92 Å². The Hall–Kier alpha value is -1.02. The molecule has 0 bridgehead atoms. The fourth-order valence-corrected chi connectivity index (χ4v) is 2.46. The highest BCUT2D eigenvalue weighted by molar-refractivity contribution is 5.39. The zero-order valence-corrected chi connectivity index (χ0v) is 14.0. The van der Waals surface area contributed by atoms with Crippen LogP contribution in [0.5, 0.6) is 5.75 Å². The molecule has 0 aliphatic rings. The summed E-state index contributed by atoms with van der Waals surface area (Å²) >= 11 is 0. The highest BCUT2D eigenvalue weighted by Crippen LogP contribution is 2.28. The lowest BCUT2D eigenvalue weighted by molar-refractivity contribution is 0.193. The van der Waals surface area contributed by atoms with Crippen LogP contribution in [0.3, 0.4) is 0 Å². The van der Waals surface area contributed by atoms with E-state index in [9.17, 15) is 0 Å². The second kappa shape index (κ2) is 8.31. The molecule has 2 heteroatoms. The normalized spacial score (nSPS) is 14.3. The maximum absolute atomic E-state index is 6.20. The summed E-state index contributed by atoms with van der Waals surface area (Å²) in [4.78, 5) is 0. The van der Waals surface area contributed by atoms with E-state index >= 15 is 0 Å². The van der Waals surface area contributed by atoms with Crippen LogP contribution in [0.1, 0.15) is 64.5 Å². The van der Waals surface area contributed by atoms with Crippen LogP contribution < -0.4 is 10.1 Å². The lowest BCUT2D eigenvalue weighted by atomic mass is 10.0. The van der Waals surface area contributed by atoms with E-state index in [2.05, 4.69) is 65.1 Å². The Morgan fingerprint density at radius 3 is 2.45 bits per heavy atom. The molecule has 0 aliphatic carbocycles. The number of rotatable bonds is 8. The molecule has 2 nitrogen and oxygen atoms in total. The predicted molar refractivity (Wildman–Crippen MR) is 87.7 cm³/mol. The quantitative estimate of drug-likeness (QED) is 0.746. The molecule has 0 spiro atoms. The van der Waals surface area contributed by atoms with Gasteiger partial charge in [-0.3, -0.25) is 0 Å². The molecule has 0 saturated carbocycles. The van der Waals surface area contributed by atoms with Crippen molar-refractivity contribution >= 4 is 0 Å². The van der Waals surface area contributed by atoms with Gasteiger partial charge in [0.05, 0.1) is 6.10 Å². The van der Waals surface area contributed by atoms with Gasteiger partial charge < -0.3 is 10.1 Å². The molecular weight excluding hydrogens is 246 g/mol. The maximum Gasteiger partial charge on any atom is 0.123 e. The molecule has 1 rings (SSSR count). The van der Waals surface area contributed by atoms with E-state index in [0.29, 0.717) is 12.0 Å². The summed E-state index contributed by atoms with van der Waals surface area (Å²) in [5, 5.41) is 3.52. The summed E-state index contributed by atoms with van der Waals surface area (Å²) in [5.41, 5.74) is 2.56. The molecule has 114 valence electrons. The van der Waals surface area contributed by atoms with Gasteiger partial charge in [-0.15, -0.1) is 0 Å². The van der Waals surface area contributed by atoms with E-state index in [4.69, 9.17) is 4.74 Å². The molecule has 2 unspecified atom stereocenters. The van der Waals surface area contributed by atoms with Gasteiger partial charge in [0, 0.05) is 6.04 Å². The molecule has 1 aromatic rings. The van der Waals surface area contributed by atoms with Gasteiger partial charge in [-0.1, -0.05) is 32.9 Å². The summed E-state index contributed by atoms with van der Waals surface area (Å²) in [6, 6.07) is 7.02. The van der Waals surface area contributed by atoms with Crippen LogP contribution in [-0.2, 0) is 0 Å². The first-order valence-electron chi connectivity index (χ1n) is 7.94. The van der Waals surface area contributed by atoms with Crippen molar-refractivity contribution in [2.24, 2.45) is 0 Å². The first kappa shape index (κ1) is 17.0. The Balaban J connectivity index is 2.65. The van der Waals surface area contributed by atoms with Gasteiger partial charge in [0.25, 0.3) is 0 Å². The molecule has 1 aromatic carbocycles. The lowest BCUT2D eigenvalue weighted by Gasteiger charge is -2.22. The third kappa shape index (κ3) is 5.54. The number of ether oxygens (including phenoxy) is 1. The Morgan fingerprint density at radius 1 is 1.15 bits per heavy atom.